The smallest absolute Gasteiger partial charge is 0.303 e. The molecule has 2 N–H and O–H groups in total. The third-order valence-corrected chi connectivity index (χ3v) is 4.93. The van der Waals surface area contributed by atoms with Gasteiger partial charge in [-0.05, 0) is 42.7 Å². The van der Waals surface area contributed by atoms with Crippen molar-refractivity contribution in [3.63, 3.8) is 0 Å². The molecule has 2 atom stereocenters. The molecule has 1 aromatic carbocycles. The minimum absolute atomic E-state index is 0.152. The number of hydrogen-bond donors (Lipinski definition) is 2. The molecule has 1 saturated heterocycles. The first-order chi connectivity index (χ1) is 11.1. The predicted octanol–water partition coefficient (Wildman–Crippen LogP) is 2.06. The molecule has 3 rings (SSSR count). The highest BCUT2D eigenvalue weighted by molar-refractivity contribution is 5.76. The van der Waals surface area contributed by atoms with E-state index in [1.807, 2.05) is 0 Å². The molecular weight excluding hydrogens is 292 g/mol. The van der Waals surface area contributed by atoms with E-state index in [1.54, 1.807) is 0 Å². The third kappa shape index (κ3) is 4.03. The summed E-state index contributed by atoms with van der Waals surface area (Å²) >= 11 is 0. The number of nitrogens with zero attached hydrogens (tertiary/aromatic N) is 1. The summed E-state index contributed by atoms with van der Waals surface area (Å²) in [5.74, 6) is 0.295. The van der Waals surface area contributed by atoms with Crippen LogP contribution in [0.3, 0.4) is 0 Å². The molecule has 0 aromatic heterocycles. The van der Waals surface area contributed by atoms with Gasteiger partial charge in [0.2, 0.25) is 5.91 Å². The summed E-state index contributed by atoms with van der Waals surface area (Å²) in [6, 6.07) is 8.42. The lowest BCUT2D eigenvalue weighted by Crippen LogP contribution is -2.44. The van der Waals surface area contributed by atoms with E-state index in [4.69, 9.17) is 5.11 Å². The number of rotatable bonds is 5. The first-order valence-electron chi connectivity index (χ1n) is 8.43. The van der Waals surface area contributed by atoms with Gasteiger partial charge in [-0.1, -0.05) is 18.2 Å². The number of hydrogen-bond acceptors (Lipinski definition) is 3. The van der Waals surface area contributed by atoms with E-state index < -0.39 is 5.97 Å². The Morgan fingerprint density at radius 1 is 1.30 bits per heavy atom. The van der Waals surface area contributed by atoms with Gasteiger partial charge in [-0.15, -0.1) is 0 Å². The van der Waals surface area contributed by atoms with E-state index in [9.17, 15) is 9.59 Å². The molecule has 23 heavy (non-hydrogen) atoms. The molecule has 2 unspecified atom stereocenters. The van der Waals surface area contributed by atoms with Gasteiger partial charge in [-0.2, -0.15) is 0 Å². The maximum atomic E-state index is 11.3. The van der Waals surface area contributed by atoms with Crippen molar-refractivity contribution < 1.29 is 14.7 Å². The Bertz CT molecular complexity index is 577. The van der Waals surface area contributed by atoms with Crippen molar-refractivity contribution in [2.75, 3.05) is 24.5 Å². The lowest BCUT2D eigenvalue weighted by atomic mass is 9.88. The topological polar surface area (TPSA) is 69.6 Å². The van der Waals surface area contributed by atoms with Crippen molar-refractivity contribution in [1.82, 2.24) is 5.32 Å². The van der Waals surface area contributed by atoms with Gasteiger partial charge >= 0.3 is 5.97 Å². The Morgan fingerprint density at radius 2 is 2.13 bits per heavy atom. The quantitative estimate of drug-likeness (QED) is 0.872. The maximum absolute atomic E-state index is 11.3. The molecule has 1 fully saturated rings. The van der Waals surface area contributed by atoms with E-state index in [0.29, 0.717) is 18.3 Å². The molecular formula is C18H24N2O3. The van der Waals surface area contributed by atoms with E-state index in [1.165, 1.54) is 11.3 Å². The Kier molecular flexibility index (Phi) is 4.84. The molecule has 2 aliphatic rings. The predicted molar refractivity (Wildman–Crippen MR) is 88.5 cm³/mol. The Labute approximate surface area is 136 Å². The number of piperidine rings is 1. The lowest BCUT2D eigenvalue weighted by Gasteiger charge is -2.39. The molecule has 0 saturated carbocycles. The molecule has 5 heteroatoms. The van der Waals surface area contributed by atoms with E-state index >= 15 is 0 Å². The standard InChI is InChI=1S/C18H24N2O3/c21-17-7-5-14(10-19-17)12-20-11-13(6-8-18(22)23)9-15-3-1-2-4-16(15)20/h1-4,13-14H,5-12H2,(H,19,21)(H,22,23). The Hall–Kier alpha value is -2.04. The van der Waals surface area contributed by atoms with Crippen molar-refractivity contribution in [2.24, 2.45) is 11.8 Å². The lowest BCUT2D eigenvalue weighted by molar-refractivity contribution is -0.137. The summed E-state index contributed by atoms with van der Waals surface area (Å²) in [7, 11) is 0. The number of amides is 1. The zero-order valence-corrected chi connectivity index (χ0v) is 13.3. The van der Waals surface area contributed by atoms with E-state index in [2.05, 4.69) is 34.5 Å². The van der Waals surface area contributed by atoms with Gasteiger partial charge in [0.25, 0.3) is 0 Å². The first kappa shape index (κ1) is 15.8. The SMILES string of the molecule is O=C(O)CCC1Cc2ccccc2N(CC2CCC(=O)NC2)C1. The molecule has 0 radical (unpaired) electrons. The average molecular weight is 316 g/mol. The number of nitrogens with one attached hydrogen (secondary N) is 1. The number of carbonyl (C=O) groups is 2. The van der Waals surface area contributed by atoms with E-state index in [0.717, 1.165) is 38.9 Å². The second kappa shape index (κ2) is 7.02. The van der Waals surface area contributed by atoms with Gasteiger partial charge in [-0.3, -0.25) is 9.59 Å². The number of carbonyl (C=O) groups excluding carboxylic acids is 1. The first-order valence-corrected chi connectivity index (χ1v) is 8.43. The molecule has 5 nitrogen and oxygen atoms in total. The van der Waals surface area contributed by atoms with Crippen LogP contribution >= 0.6 is 0 Å². The molecule has 1 amide bonds. The fourth-order valence-electron chi connectivity index (χ4n) is 3.72. The van der Waals surface area contributed by atoms with Crippen LogP contribution in [0.15, 0.2) is 24.3 Å². The van der Waals surface area contributed by atoms with Crippen LogP contribution in [0.5, 0.6) is 0 Å². The van der Waals surface area contributed by atoms with Crippen LogP contribution < -0.4 is 10.2 Å². The van der Waals surface area contributed by atoms with Crippen molar-refractivity contribution in [3.8, 4) is 0 Å². The summed E-state index contributed by atoms with van der Waals surface area (Å²) in [6.45, 7) is 2.59. The van der Waals surface area contributed by atoms with Gasteiger partial charge in [0.05, 0.1) is 0 Å². The average Bonchev–Trinajstić information content (AvgIpc) is 2.55. The van der Waals surface area contributed by atoms with Crippen molar-refractivity contribution in [2.45, 2.75) is 32.1 Å². The normalized spacial score (nSPS) is 24.0. The van der Waals surface area contributed by atoms with Gasteiger partial charge < -0.3 is 15.3 Å². The number of benzene rings is 1. The van der Waals surface area contributed by atoms with Crippen LogP contribution in [-0.4, -0.2) is 36.6 Å². The zero-order valence-electron chi connectivity index (χ0n) is 13.3. The van der Waals surface area contributed by atoms with Crippen LogP contribution in [0.25, 0.3) is 0 Å². The maximum Gasteiger partial charge on any atom is 0.303 e. The molecule has 2 heterocycles. The van der Waals surface area contributed by atoms with Crippen LogP contribution in [0.1, 0.15) is 31.2 Å². The monoisotopic (exact) mass is 316 g/mol. The highest BCUT2D eigenvalue weighted by atomic mass is 16.4. The summed E-state index contributed by atoms with van der Waals surface area (Å²) in [5, 5.41) is 11.9. The largest absolute Gasteiger partial charge is 0.481 e. The number of anilines is 1. The Balaban J connectivity index is 1.69. The summed E-state index contributed by atoms with van der Waals surface area (Å²) in [6.07, 6.45) is 3.47. The van der Waals surface area contributed by atoms with Crippen LogP contribution in [0.2, 0.25) is 0 Å². The Morgan fingerprint density at radius 3 is 2.87 bits per heavy atom. The van der Waals surface area contributed by atoms with Crippen molar-refractivity contribution in [3.05, 3.63) is 29.8 Å². The van der Waals surface area contributed by atoms with E-state index in [-0.39, 0.29) is 12.3 Å². The van der Waals surface area contributed by atoms with Crippen LogP contribution in [-0.2, 0) is 16.0 Å². The van der Waals surface area contributed by atoms with Crippen molar-refractivity contribution >= 4 is 17.6 Å². The molecule has 1 aromatic rings. The molecule has 124 valence electrons. The molecule has 0 spiro atoms. The highest BCUT2D eigenvalue weighted by Crippen LogP contribution is 2.32. The summed E-state index contributed by atoms with van der Waals surface area (Å²) in [4.78, 5) is 24.6. The minimum atomic E-state index is -0.717. The fourth-order valence-corrected chi connectivity index (χ4v) is 3.72. The zero-order chi connectivity index (χ0) is 16.2. The van der Waals surface area contributed by atoms with Gasteiger partial charge in [0, 0.05) is 38.2 Å². The van der Waals surface area contributed by atoms with Gasteiger partial charge in [0.15, 0.2) is 0 Å². The minimum Gasteiger partial charge on any atom is -0.481 e. The second-order valence-electron chi connectivity index (χ2n) is 6.75. The number of carboxylic acid groups (broad SMARTS) is 1. The van der Waals surface area contributed by atoms with Crippen molar-refractivity contribution in [1.29, 1.82) is 0 Å². The summed E-state index contributed by atoms with van der Waals surface area (Å²) < 4.78 is 0. The number of carboxylic acids is 1. The highest BCUT2D eigenvalue weighted by Gasteiger charge is 2.27. The number of fused-ring (bicyclic) bond motifs is 1. The second-order valence-corrected chi connectivity index (χ2v) is 6.75. The molecule has 0 aliphatic carbocycles. The fraction of sp³-hybridized carbons (Fsp3) is 0.556. The van der Waals surface area contributed by atoms with Crippen LogP contribution in [0.4, 0.5) is 5.69 Å². The van der Waals surface area contributed by atoms with Crippen LogP contribution in [0, 0.1) is 11.8 Å². The summed E-state index contributed by atoms with van der Waals surface area (Å²) in [5.41, 5.74) is 2.59. The van der Waals surface area contributed by atoms with Gasteiger partial charge in [-0.25, -0.2) is 0 Å². The van der Waals surface area contributed by atoms with Gasteiger partial charge in [0.1, 0.15) is 0 Å². The number of aliphatic carboxylic acids is 1. The number of para-hydroxylation sites is 1. The molecule has 0 bridgehead atoms. The molecule has 2 aliphatic heterocycles. The third-order valence-electron chi connectivity index (χ3n) is 4.93.